The number of esters is 1. The van der Waals surface area contributed by atoms with Gasteiger partial charge in [0.25, 0.3) is 6.47 Å². The summed E-state index contributed by atoms with van der Waals surface area (Å²) in [7, 11) is 0. The van der Waals surface area contributed by atoms with Crippen LogP contribution in [0, 0.1) is 0 Å². The predicted molar refractivity (Wildman–Crippen MR) is 75.5 cm³/mol. The first-order valence-electron chi connectivity index (χ1n) is 6.50. The van der Waals surface area contributed by atoms with Gasteiger partial charge in [0, 0.05) is 6.08 Å². The van der Waals surface area contributed by atoms with Crippen molar-refractivity contribution >= 4 is 18.6 Å². The fourth-order valence-electron chi connectivity index (χ4n) is 1.36. The van der Waals surface area contributed by atoms with Crippen molar-refractivity contribution in [3.8, 4) is 11.5 Å². The van der Waals surface area contributed by atoms with E-state index in [2.05, 4.69) is 11.3 Å². The van der Waals surface area contributed by atoms with Crippen LogP contribution in [-0.2, 0) is 19.1 Å². The Labute approximate surface area is 127 Å². The molecule has 22 heavy (non-hydrogen) atoms. The molecule has 7 nitrogen and oxygen atoms in total. The lowest BCUT2D eigenvalue weighted by atomic mass is 10.3. The van der Waals surface area contributed by atoms with Crippen LogP contribution >= 0.6 is 0 Å². The molecule has 0 aromatic heterocycles. The second-order valence-corrected chi connectivity index (χ2v) is 3.96. The molecule has 0 aliphatic heterocycles. The molecule has 0 unspecified atom stereocenters. The predicted octanol–water partition coefficient (Wildman–Crippen LogP) is 2.25. The third-order valence-electron chi connectivity index (χ3n) is 2.38. The van der Waals surface area contributed by atoms with Gasteiger partial charge >= 0.3 is 12.1 Å². The number of rotatable bonds is 9. The van der Waals surface area contributed by atoms with Crippen molar-refractivity contribution in [1.82, 2.24) is 0 Å². The molecule has 1 rings (SSSR count). The molecule has 1 aromatic carbocycles. The van der Waals surface area contributed by atoms with Crippen LogP contribution in [0.3, 0.4) is 0 Å². The molecule has 1 aromatic rings. The topological polar surface area (TPSA) is 88.1 Å². The average Bonchev–Trinajstić information content (AvgIpc) is 2.52. The van der Waals surface area contributed by atoms with Gasteiger partial charge in [0.15, 0.2) is 0 Å². The van der Waals surface area contributed by atoms with E-state index < -0.39 is 12.1 Å². The monoisotopic (exact) mass is 308 g/mol. The first-order valence-corrected chi connectivity index (χ1v) is 6.50. The maximum Gasteiger partial charge on any atom is 0.513 e. The van der Waals surface area contributed by atoms with Gasteiger partial charge in [-0.3, -0.25) is 4.79 Å². The summed E-state index contributed by atoms with van der Waals surface area (Å²) < 4.78 is 19.1. The van der Waals surface area contributed by atoms with E-state index in [1.807, 2.05) is 0 Å². The molecule has 118 valence electrons. The van der Waals surface area contributed by atoms with Crippen LogP contribution in [0.4, 0.5) is 4.79 Å². The fourth-order valence-corrected chi connectivity index (χ4v) is 1.36. The molecule has 0 aliphatic rings. The number of carbonyl (C=O) groups is 3. The molecule has 0 N–H and O–H groups in total. The summed E-state index contributed by atoms with van der Waals surface area (Å²) in [6, 6.07) is 5.89. The summed E-state index contributed by atoms with van der Waals surface area (Å²) in [4.78, 5) is 32.3. The Hall–Kier alpha value is -2.83. The van der Waals surface area contributed by atoms with E-state index >= 15 is 0 Å². The largest absolute Gasteiger partial charge is 0.513 e. The Bertz CT molecular complexity index is 507. The molecular weight excluding hydrogens is 292 g/mol. The van der Waals surface area contributed by atoms with E-state index in [1.165, 1.54) is 24.3 Å². The van der Waals surface area contributed by atoms with Gasteiger partial charge in [0.1, 0.15) is 11.5 Å². The third kappa shape index (κ3) is 7.09. The van der Waals surface area contributed by atoms with Crippen LogP contribution in [0.5, 0.6) is 11.5 Å². The van der Waals surface area contributed by atoms with E-state index in [9.17, 15) is 14.4 Å². The number of ether oxygens (including phenoxy) is 4. The van der Waals surface area contributed by atoms with Gasteiger partial charge in [0.2, 0.25) is 0 Å². The first-order chi connectivity index (χ1) is 10.7. The first kappa shape index (κ1) is 17.2. The lowest BCUT2D eigenvalue weighted by Crippen LogP contribution is -2.12. The van der Waals surface area contributed by atoms with Gasteiger partial charge < -0.3 is 18.9 Å². The van der Waals surface area contributed by atoms with E-state index in [1.54, 1.807) is 0 Å². The second-order valence-electron chi connectivity index (χ2n) is 3.96. The van der Waals surface area contributed by atoms with Gasteiger partial charge in [-0.05, 0) is 37.1 Å². The normalized spacial score (nSPS) is 9.45. The molecule has 7 heteroatoms. The number of unbranched alkanes of at least 4 members (excludes halogenated alkanes) is 1. The maximum absolute atomic E-state index is 11.4. The van der Waals surface area contributed by atoms with Gasteiger partial charge in [-0.25, -0.2) is 9.59 Å². The number of carbonyl (C=O) groups excluding carboxylic acids is 3. The summed E-state index contributed by atoms with van der Waals surface area (Å²) in [5.41, 5.74) is 0. The highest BCUT2D eigenvalue weighted by Gasteiger charge is 2.06. The molecule has 0 saturated carbocycles. The highest BCUT2D eigenvalue weighted by Crippen LogP contribution is 2.17. The van der Waals surface area contributed by atoms with Crippen molar-refractivity contribution in [3.63, 3.8) is 0 Å². The Balaban J connectivity index is 2.16. The molecule has 0 radical (unpaired) electrons. The van der Waals surface area contributed by atoms with Crippen molar-refractivity contribution in [2.24, 2.45) is 0 Å². The standard InChI is InChI=1S/C15H16O7/c1-2-14(17)19-9-3-4-10-20-15(18)22-13-7-5-12(6-8-13)21-11-16/h2,5-8,11H,1,3-4,9-10H2. The fraction of sp³-hybridized carbons (Fsp3) is 0.267. The van der Waals surface area contributed by atoms with E-state index in [-0.39, 0.29) is 19.0 Å². The quantitative estimate of drug-likeness (QED) is 0.227. The Morgan fingerprint density at radius 2 is 1.59 bits per heavy atom. The van der Waals surface area contributed by atoms with Crippen molar-refractivity contribution in [1.29, 1.82) is 0 Å². The van der Waals surface area contributed by atoms with Crippen molar-refractivity contribution in [2.45, 2.75) is 12.8 Å². The Morgan fingerprint density at radius 1 is 1.00 bits per heavy atom. The van der Waals surface area contributed by atoms with Gasteiger partial charge in [-0.1, -0.05) is 6.58 Å². The molecular formula is C15H16O7. The van der Waals surface area contributed by atoms with Gasteiger partial charge in [-0.2, -0.15) is 0 Å². The van der Waals surface area contributed by atoms with E-state index in [0.29, 0.717) is 25.1 Å². The molecule has 0 bridgehead atoms. The highest BCUT2D eigenvalue weighted by atomic mass is 16.7. The molecule has 0 amide bonds. The number of hydrogen-bond donors (Lipinski definition) is 0. The van der Waals surface area contributed by atoms with Crippen LogP contribution < -0.4 is 9.47 Å². The summed E-state index contributed by atoms with van der Waals surface area (Å²) in [5.74, 6) is 0.121. The van der Waals surface area contributed by atoms with Crippen LogP contribution in [0.1, 0.15) is 12.8 Å². The summed E-state index contributed by atoms with van der Waals surface area (Å²) >= 11 is 0. The van der Waals surface area contributed by atoms with Crippen molar-refractivity contribution in [2.75, 3.05) is 13.2 Å². The van der Waals surface area contributed by atoms with Crippen LogP contribution in [0.15, 0.2) is 36.9 Å². The molecule has 0 saturated heterocycles. The minimum absolute atomic E-state index is 0.150. The SMILES string of the molecule is C=CC(=O)OCCCCOC(=O)Oc1ccc(OC=O)cc1. The van der Waals surface area contributed by atoms with Crippen LogP contribution in [0.25, 0.3) is 0 Å². The van der Waals surface area contributed by atoms with Gasteiger partial charge in [0.05, 0.1) is 13.2 Å². The second kappa shape index (κ2) is 9.98. The number of benzene rings is 1. The Morgan fingerprint density at radius 3 is 2.18 bits per heavy atom. The molecule has 0 fully saturated rings. The Kier molecular flexibility index (Phi) is 7.81. The lowest BCUT2D eigenvalue weighted by Gasteiger charge is -2.06. The number of hydrogen-bond acceptors (Lipinski definition) is 7. The molecule has 0 aliphatic carbocycles. The third-order valence-corrected chi connectivity index (χ3v) is 2.38. The minimum atomic E-state index is -0.841. The summed E-state index contributed by atoms with van der Waals surface area (Å²) in [5, 5.41) is 0. The van der Waals surface area contributed by atoms with Crippen LogP contribution in [-0.4, -0.2) is 31.8 Å². The van der Waals surface area contributed by atoms with Crippen LogP contribution in [0.2, 0.25) is 0 Å². The smallest absolute Gasteiger partial charge is 0.463 e. The maximum atomic E-state index is 11.4. The summed E-state index contributed by atoms with van der Waals surface area (Å²) in [6.45, 7) is 3.96. The summed E-state index contributed by atoms with van der Waals surface area (Å²) in [6.07, 6.45) is 1.34. The zero-order valence-electron chi connectivity index (χ0n) is 11.9. The van der Waals surface area contributed by atoms with E-state index in [4.69, 9.17) is 14.2 Å². The van der Waals surface area contributed by atoms with E-state index in [0.717, 1.165) is 6.08 Å². The molecule has 0 atom stereocenters. The van der Waals surface area contributed by atoms with Gasteiger partial charge in [-0.15, -0.1) is 0 Å². The highest BCUT2D eigenvalue weighted by molar-refractivity contribution is 5.81. The van der Waals surface area contributed by atoms with Crippen molar-refractivity contribution < 1.29 is 33.3 Å². The minimum Gasteiger partial charge on any atom is -0.463 e. The van der Waals surface area contributed by atoms with Crippen molar-refractivity contribution in [3.05, 3.63) is 36.9 Å². The molecule has 0 spiro atoms. The lowest BCUT2D eigenvalue weighted by molar-refractivity contribution is -0.137. The average molecular weight is 308 g/mol. The zero-order valence-corrected chi connectivity index (χ0v) is 11.9. The molecule has 0 heterocycles. The zero-order chi connectivity index (χ0) is 16.2.